The van der Waals surface area contributed by atoms with E-state index < -0.39 is 0 Å². The van der Waals surface area contributed by atoms with E-state index in [1.807, 2.05) is 12.1 Å². The van der Waals surface area contributed by atoms with Crippen molar-refractivity contribution in [2.24, 2.45) is 0 Å². The van der Waals surface area contributed by atoms with Crippen molar-refractivity contribution < 1.29 is 9.47 Å². The molecule has 0 N–H and O–H groups in total. The number of nitrogens with zero attached hydrogens (tertiary/aromatic N) is 3. The molecule has 0 spiro atoms. The number of rotatable bonds is 2. The molecule has 2 saturated heterocycles. The minimum Gasteiger partial charge on any atom is -0.495 e. The Bertz CT molecular complexity index is 694. The fourth-order valence-electron chi connectivity index (χ4n) is 3.41. The predicted octanol–water partition coefficient (Wildman–Crippen LogP) is 2.77. The Hall–Kier alpha value is -1.40. The zero-order chi connectivity index (χ0) is 14.4. The molecule has 0 aliphatic carbocycles. The summed E-state index contributed by atoms with van der Waals surface area (Å²) in [6, 6.07) is 4.44. The Labute approximate surface area is 131 Å². The van der Waals surface area contributed by atoms with Gasteiger partial charge in [-0.15, -0.1) is 0 Å². The van der Waals surface area contributed by atoms with Crippen molar-refractivity contribution in [3.8, 4) is 5.75 Å². The van der Waals surface area contributed by atoms with Crippen LogP contribution in [-0.4, -0.2) is 42.4 Å². The second kappa shape index (κ2) is 5.10. The number of methoxy groups -OCH3 is 1. The molecule has 21 heavy (non-hydrogen) atoms. The topological polar surface area (TPSA) is 47.5 Å². The number of halogens is 1. The molecule has 110 valence electrons. The van der Waals surface area contributed by atoms with Crippen LogP contribution in [0.1, 0.15) is 12.8 Å². The molecule has 4 rings (SSSR count). The minimum atomic E-state index is 0.358. The van der Waals surface area contributed by atoms with Crippen LogP contribution in [0, 0.1) is 0 Å². The number of hydrogen-bond donors (Lipinski definition) is 0. The first-order chi connectivity index (χ1) is 10.3. The van der Waals surface area contributed by atoms with Crippen molar-refractivity contribution in [3.05, 3.63) is 22.9 Å². The number of ether oxygens (including phenoxy) is 2. The van der Waals surface area contributed by atoms with Crippen LogP contribution in [0.4, 0.5) is 5.82 Å². The Morgan fingerprint density at radius 2 is 2.24 bits per heavy atom. The van der Waals surface area contributed by atoms with Gasteiger partial charge >= 0.3 is 0 Å². The Balaban J connectivity index is 1.84. The highest BCUT2D eigenvalue weighted by atomic mass is 79.9. The van der Waals surface area contributed by atoms with E-state index in [1.54, 1.807) is 13.4 Å². The van der Waals surface area contributed by atoms with Gasteiger partial charge in [0.1, 0.15) is 17.9 Å². The summed E-state index contributed by atoms with van der Waals surface area (Å²) in [5.74, 6) is 1.79. The molecule has 0 bridgehead atoms. The third-order valence-corrected chi connectivity index (χ3v) is 5.18. The first-order valence-corrected chi connectivity index (χ1v) is 7.94. The van der Waals surface area contributed by atoms with Crippen LogP contribution in [0.15, 0.2) is 22.9 Å². The SMILES string of the molecule is COc1ccc2c(N3CCC4OCCC43)ncnc2c1Br. The molecule has 0 radical (unpaired) electrons. The fraction of sp³-hybridized carbons (Fsp3) is 0.467. The van der Waals surface area contributed by atoms with Crippen LogP contribution < -0.4 is 9.64 Å². The molecule has 2 aromatic rings. The highest BCUT2D eigenvalue weighted by molar-refractivity contribution is 9.10. The predicted molar refractivity (Wildman–Crippen MR) is 83.9 cm³/mol. The van der Waals surface area contributed by atoms with E-state index in [0.29, 0.717) is 12.1 Å². The lowest BCUT2D eigenvalue weighted by Crippen LogP contribution is -2.32. The van der Waals surface area contributed by atoms with Crippen LogP contribution in [0.2, 0.25) is 0 Å². The standard InChI is InChI=1S/C15H16BrN3O2/c1-20-12-3-2-9-14(13(12)16)17-8-18-15(9)19-6-4-11-10(19)5-7-21-11/h2-3,8,10-11H,4-7H2,1H3. The molecule has 3 heterocycles. The summed E-state index contributed by atoms with van der Waals surface area (Å²) in [5, 5.41) is 1.05. The van der Waals surface area contributed by atoms with E-state index in [9.17, 15) is 0 Å². The van der Waals surface area contributed by atoms with E-state index in [1.165, 1.54) is 0 Å². The van der Waals surface area contributed by atoms with Gasteiger partial charge in [-0.3, -0.25) is 0 Å². The normalized spacial score (nSPS) is 24.6. The van der Waals surface area contributed by atoms with E-state index in [2.05, 4.69) is 30.8 Å². The lowest BCUT2D eigenvalue weighted by Gasteiger charge is -2.25. The van der Waals surface area contributed by atoms with Crippen LogP contribution >= 0.6 is 15.9 Å². The fourth-order valence-corrected chi connectivity index (χ4v) is 4.02. The summed E-state index contributed by atoms with van der Waals surface area (Å²) < 4.78 is 12.0. The quantitative estimate of drug-likeness (QED) is 0.834. The van der Waals surface area contributed by atoms with Gasteiger partial charge in [-0.05, 0) is 40.9 Å². The first kappa shape index (κ1) is 13.3. The summed E-state index contributed by atoms with van der Waals surface area (Å²) in [4.78, 5) is 11.3. The number of fused-ring (bicyclic) bond motifs is 2. The van der Waals surface area contributed by atoms with E-state index in [0.717, 1.165) is 52.9 Å². The van der Waals surface area contributed by atoms with Gasteiger partial charge in [-0.2, -0.15) is 0 Å². The van der Waals surface area contributed by atoms with Crippen molar-refractivity contribution in [3.63, 3.8) is 0 Å². The summed E-state index contributed by atoms with van der Waals surface area (Å²) in [6.07, 6.45) is 4.14. The maximum Gasteiger partial charge on any atom is 0.140 e. The third-order valence-electron chi connectivity index (χ3n) is 4.41. The lowest BCUT2D eigenvalue weighted by molar-refractivity contribution is 0.113. The van der Waals surface area contributed by atoms with Crippen molar-refractivity contribution in [1.29, 1.82) is 0 Å². The zero-order valence-corrected chi connectivity index (χ0v) is 13.3. The average Bonchev–Trinajstić information content (AvgIpc) is 3.10. The van der Waals surface area contributed by atoms with Crippen molar-refractivity contribution >= 4 is 32.7 Å². The maximum atomic E-state index is 5.79. The highest BCUT2D eigenvalue weighted by Crippen LogP contribution is 2.38. The van der Waals surface area contributed by atoms with Crippen molar-refractivity contribution in [1.82, 2.24) is 9.97 Å². The Morgan fingerprint density at radius 1 is 1.33 bits per heavy atom. The number of anilines is 1. The second-order valence-electron chi connectivity index (χ2n) is 5.42. The second-order valence-corrected chi connectivity index (χ2v) is 6.22. The molecule has 2 unspecified atom stereocenters. The van der Waals surface area contributed by atoms with Crippen LogP contribution in [0.3, 0.4) is 0 Å². The van der Waals surface area contributed by atoms with Gasteiger partial charge in [0, 0.05) is 18.5 Å². The summed E-state index contributed by atoms with van der Waals surface area (Å²) >= 11 is 3.58. The smallest absolute Gasteiger partial charge is 0.140 e. The molecular weight excluding hydrogens is 334 g/mol. The number of hydrogen-bond acceptors (Lipinski definition) is 5. The lowest BCUT2D eigenvalue weighted by atomic mass is 10.1. The van der Waals surface area contributed by atoms with Crippen molar-refractivity contribution in [2.75, 3.05) is 25.2 Å². The van der Waals surface area contributed by atoms with Gasteiger partial charge in [-0.25, -0.2) is 9.97 Å². The van der Waals surface area contributed by atoms with Crippen LogP contribution in [0.5, 0.6) is 5.75 Å². The Kier molecular flexibility index (Phi) is 3.23. The van der Waals surface area contributed by atoms with Gasteiger partial charge < -0.3 is 14.4 Å². The number of aromatic nitrogens is 2. The zero-order valence-electron chi connectivity index (χ0n) is 11.8. The molecule has 2 aliphatic heterocycles. The molecule has 2 atom stereocenters. The van der Waals surface area contributed by atoms with Crippen LogP contribution in [-0.2, 0) is 4.74 Å². The minimum absolute atomic E-state index is 0.358. The summed E-state index contributed by atoms with van der Waals surface area (Å²) in [5.41, 5.74) is 0.890. The summed E-state index contributed by atoms with van der Waals surface area (Å²) in [7, 11) is 1.66. The van der Waals surface area contributed by atoms with Gasteiger partial charge in [0.2, 0.25) is 0 Å². The molecule has 2 fully saturated rings. The maximum absolute atomic E-state index is 5.79. The van der Waals surface area contributed by atoms with Gasteiger partial charge in [0.05, 0.1) is 29.2 Å². The summed E-state index contributed by atoms with van der Waals surface area (Å²) in [6.45, 7) is 1.84. The molecule has 0 amide bonds. The van der Waals surface area contributed by atoms with E-state index >= 15 is 0 Å². The molecule has 1 aromatic carbocycles. The molecular formula is C15H16BrN3O2. The van der Waals surface area contributed by atoms with Crippen molar-refractivity contribution in [2.45, 2.75) is 25.0 Å². The van der Waals surface area contributed by atoms with Crippen LogP contribution in [0.25, 0.3) is 10.9 Å². The van der Waals surface area contributed by atoms with Gasteiger partial charge in [0.25, 0.3) is 0 Å². The molecule has 6 heteroatoms. The first-order valence-electron chi connectivity index (χ1n) is 7.15. The van der Waals surface area contributed by atoms with E-state index in [4.69, 9.17) is 9.47 Å². The largest absolute Gasteiger partial charge is 0.495 e. The average molecular weight is 350 g/mol. The number of benzene rings is 1. The Morgan fingerprint density at radius 3 is 3.10 bits per heavy atom. The van der Waals surface area contributed by atoms with E-state index in [-0.39, 0.29) is 0 Å². The molecule has 1 aromatic heterocycles. The highest BCUT2D eigenvalue weighted by Gasteiger charge is 2.39. The van der Waals surface area contributed by atoms with Gasteiger partial charge in [-0.1, -0.05) is 0 Å². The van der Waals surface area contributed by atoms with Gasteiger partial charge in [0.15, 0.2) is 0 Å². The molecule has 2 aliphatic rings. The molecule has 0 saturated carbocycles. The molecule has 5 nitrogen and oxygen atoms in total. The third kappa shape index (κ3) is 2.00. The monoisotopic (exact) mass is 349 g/mol.